The van der Waals surface area contributed by atoms with Crippen LogP contribution in [-0.4, -0.2) is 28.2 Å². The van der Waals surface area contributed by atoms with Gasteiger partial charge in [-0.3, -0.25) is 10.1 Å². The molecular formula is C26H25NO6. The molecule has 0 aliphatic rings. The van der Waals surface area contributed by atoms with Crippen LogP contribution < -0.4 is 5.32 Å². The summed E-state index contributed by atoms with van der Waals surface area (Å²) in [4.78, 5) is 35.7. The number of carbonyl (C=O) groups is 3. The van der Waals surface area contributed by atoms with Crippen LogP contribution in [0, 0.1) is 5.92 Å². The lowest BCUT2D eigenvalue weighted by Gasteiger charge is -2.26. The number of alkyl carbamates (subject to hydrolysis) is 1. The number of allylic oxidation sites excluding steroid dienone is 1. The van der Waals surface area contributed by atoms with Crippen molar-refractivity contribution in [1.82, 2.24) is 5.32 Å². The van der Waals surface area contributed by atoms with Crippen molar-refractivity contribution in [3.8, 4) is 5.75 Å². The minimum absolute atomic E-state index is 0.105. The van der Waals surface area contributed by atoms with Crippen LogP contribution in [0.4, 0.5) is 4.79 Å². The lowest BCUT2D eigenvalue weighted by atomic mass is 9.89. The van der Waals surface area contributed by atoms with E-state index >= 15 is 0 Å². The van der Waals surface area contributed by atoms with E-state index in [0.717, 1.165) is 11.5 Å². The average molecular weight is 447 g/mol. The number of carboxylic acid groups (broad SMARTS) is 1. The number of carbonyl (C=O) groups excluding carboxylic acids is 2. The van der Waals surface area contributed by atoms with E-state index in [1.807, 2.05) is 19.1 Å². The molecule has 3 aromatic rings. The van der Waals surface area contributed by atoms with Gasteiger partial charge in [0.15, 0.2) is 0 Å². The molecule has 0 unspecified atom stereocenters. The first-order valence-corrected chi connectivity index (χ1v) is 10.5. The Hall–Kier alpha value is -4.13. The van der Waals surface area contributed by atoms with Crippen molar-refractivity contribution < 1.29 is 29.3 Å². The lowest BCUT2D eigenvalue weighted by molar-refractivity contribution is -0.131. The average Bonchev–Trinajstić information content (AvgIpc) is 2.81. The number of aromatic hydroxyl groups is 1. The summed E-state index contributed by atoms with van der Waals surface area (Å²) in [6, 6.07) is 18.8. The van der Waals surface area contributed by atoms with E-state index in [2.05, 4.69) is 5.32 Å². The summed E-state index contributed by atoms with van der Waals surface area (Å²) in [5.41, 5.74) is 1.01. The summed E-state index contributed by atoms with van der Waals surface area (Å²) < 4.78 is 5.72. The van der Waals surface area contributed by atoms with Crippen LogP contribution in [0.5, 0.6) is 5.75 Å². The highest BCUT2D eigenvalue weighted by atomic mass is 16.6. The second-order valence-electron chi connectivity index (χ2n) is 7.66. The summed E-state index contributed by atoms with van der Waals surface area (Å²) >= 11 is 0. The Morgan fingerprint density at radius 1 is 0.970 bits per heavy atom. The number of phenols is 1. The zero-order chi connectivity index (χ0) is 23.8. The molecule has 0 spiro atoms. The number of benzene rings is 3. The molecule has 2 atom stereocenters. The predicted molar refractivity (Wildman–Crippen MR) is 124 cm³/mol. The van der Waals surface area contributed by atoms with E-state index in [4.69, 9.17) is 9.84 Å². The van der Waals surface area contributed by atoms with Gasteiger partial charge in [-0.1, -0.05) is 61.5 Å². The molecule has 0 saturated carbocycles. The van der Waals surface area contributed by atoms with Crippen LogP contribution in [0.1, 0.15) is 41.8 Å². The topological polar surface area (TPSA) is 113 Å². The Kier molecular flexibility index (Phi) is 7.81. The maximum Gasteiger partial charge on any atom is 0.414 e. The van der Waals surface area contributed by atoms with Gasteiger partial charge in [0.05, 0.1) is 0 Å². The fourth-order valence-electron chi connectivity index (χ4n) is 3.63. The zero-order valence-electron chi connectivity index (χ0n) is 18.1. The number of rotatable bonds is 8. The highest BCUT2D eigenvalue weighted by Crippen LogP contribution is 2.37. The molecule has 7 nitrogen and oxygen atoms in total. The minimum Gasteiger partial charge on any atom is -0.507 e. The first-order chi connectivity index (χ1) is 15.9. The zero-order valence-corrected chi connectivity index (χ0v) is 18.1. The molecule has 0 bridgehead atoms. The van der Waals surface area contributed by atoms with Gasteiger partial charge in [-0.15, -0.1) is 0 Å². The molecule has 0 heterocycles. The molecule has 0 aliphatic carbocycles. The lowest BCUT2D eigenvalue weighted by Crippen LogP contribution is -2.33. The fourth-order valence-corrected chi connectivity index (χ4v) is 3.63. The highest BCUT2D eigenvalue weighted by molar-refractivity contribution is 6.03. The second kappa shape index (κ2) is 10.9. The maximum absolute atomic E-state index is 12.6. The summed E-state index contributed by atoms with van der Waals surface area (Å²) in [5, 5.41) is 22.6. The number of ether oxygens (including phenoxy) is 1. The molecule has 0 saturated heterocycles. The Morgan fingerprint density at radius 2 is 1.64 bits per heavy atom. The number of hydrogen-bond donors (Lipinski definition) is 3. The molecular weight excluding hydrogens is 422 g/mol. The van der Waals surface area contributed by atoms with Gasteiger partial charge in [-0.25, -0.2) is 9.59 Å². The van der Waals surface area contributed by atoms with Gasteiger partial charge in [0.2, 0.25) is 0 Å². The van der Waals surface area contributed by atoms with Crippen LogP contribution in [0.25, 0.3) is 10.8 Å². The van der Waals surface area contributed by atoms with E-state index in [0.29, 0.717) is 29.4 Å². The van der Waals surface area contributed by atoms with E-state index < -0.39 is 24.1 Å². The van der Waals surface area contributed by atoms with Gasteiger partial charge in [0, 0.05) is 22.6 Å². The first kappa shape index (κ1) is 23.5. The smallest absolute Gasteiger partial charge is 0.414 e. The molecule has 0 fully saturated rings. The Bertz CT molecular complexity index is 1170. The van der Waals surface area contributed by atoms with Crippen molar-refractivity contribution in [3.05, 3.63) is 90.0 Å². The van der Waals surface area contributed by atoms with Gasteiger partial charge in [0.1, 0.15) is 11.9 Å². The summed E-state index contributed by atoms with van der Waals surface area (Å²) in [6.45, 7) is 1.88. The largest absolute Gasteiger partial charge is 0.507 e. The van der Waals surface area contributed by atoms with Crippen LogP contribution in [0.3, 0.4) is 0 Å². The molecule has 7 heteroatoms. The number of nitrogens with one attached hydrogen (secondary N) is 1. The van der Waals surface area contributed by atoms with Crippen LogP contribution in [0.15, 0.2) is 78.9 Å². The van der Waals surface area contributed by atoms with Gasteiger partial charge < -0.3 is 14.9 Å². The monoisotopic (exact) mass is 447 g/mol. The Labute approximate surface area is 191 Å². The van der Waals surface area contributed by atoms with Crippen molar-refractivity contribution in [3.63, 3.8) is 0 Å². The van der Waals surface area contributed by atoms with Crippen molar-refractivity contribution >= 4 is 28.7 Å². The van der Waals surface area contributed by atoms with Crippen molar-refractivity contribution in [2.75, 3.05) is 0 Å². The highest BCUT2D eigenvalue weighted by Gasteiger charge is 2.26. The number of imide groups is 1. The fraction of sp³-hybridized carbons (Fsp3) is 0.192. The maximum atomic E-state index is 12.6. The second-order valence-corrected chi connectivity index (χ2v) is 7.66. The van der Waals surface area contributed by atoms with Crippen LogP contribution in [-0.2, 0) is 9.53 Å². The number of carboxylic acids is 1. The van der Waals surface area contributed by atoms with Gasteiger partial charge >= 0.3 is 12.1 Å². The molecule has 3 rings (SSSR count). The molecule has 3 N–H and O–H groups in total. The Balaban J connectivity index is 1.86. The minimum atomic E-state index is -1.03. The van der Waals surface area contributed by atoms with E-state index in [1.54, 1.807) is 54.6 Å². The van der Waals surface area contributed by atoms with E-state index in [1.165, 1.54) is 6.07 Å². The normalized spacial score (nSPS) is 12.9. The molecule has 2 amide bonds. The van der Waals surface area contributed by atoms with Crippen LogP contribution in [0.2, 0.25) is 0 Å². The number of amides is 2. The third-order valence-electron chi connectivity index (χ3n) is 5.29. The van der Waals surface area contributed by atoms with Crippen molar-refractivity contribution in [2.45, 2.75) is 25.9 Å². The molecule has 0 radical (unpaired) electrons. The molecule has 0 aliphatic heterocycles. The van der Waals surface area contributed by atoms with E-state index in [9.17, 15) is 19.5 Å². The van der Waals surface area contributed by atoms with Crippen molar-refractivity contribution in [1.29, 1.82) is 0 Å². The van der Waals surface area contributed by atoms with Gasteiger partial charge in [-0.2, -0.15) is 0 Å². The summed E-state index contributed by atoms with van der Waals surface area (Å²) in [6.07, 6.45) is 1.99. The summed E-state index contributed by atoms with van der Waals surface area (Å²) in [5.74, 6) is -1.71. The number of aliphatic carboxylic acids is 1. The first-order valence-electron chi connectivity index (χ1n) is 10.5. The number of hydrogen-bond acceptors (Lipinski definition) is 5. The number of fused-ring (bicyclic) bond motifs is 1. The standard InChI is InChI=1S/C26H25NO6/c1-17(9-5-8-14-23(29)30)24(21-15-16-22(28)20-13-7-6-12-19(20)21)33-26(32)27-25(31)18-10-3-2-4-11-18/h2-4,6-8,10-17,24,28H,5,9H2,1H3,(H,29,30)(H,27,31,32)/b14-8+/t17-,24-/m1/s1. The quantitative estimate of drug-likeness (QED) is 0.409. The predicted octanol–water partition coefficient (Wildman–Crippen LogP) is 5.21. The van der Waals surface area contributed by atoms with Crippen molar-refractivity contribution in [2.24, 2.45) is 5.92 Å². The third-order valence-corrected chi connectivity index (χ3v) is 5.29. The molecule has 3 aromatic carbocycles. The van der Waals surface area contributed by atoms with Crippen LogP contribution >= 0.6 is 0 Å². The Morgan fingerprint density at radius 3 is 2.33 bits per heavy atom. The number of phenolic OH excluding ortho intramolecular Hbond substituents is 1. The van der Waals surface area contributed by atoms with Gasteiger partial charge in [0.25, 0.3) is 5.91 Å². The molecule has 170 valence electrons. The third kappa shape index (κ3) is 6.20. The summed E-state index contributed by atoms with van der Waals surface area (Å²) in [7, 11) is 0. The van der Waals surface area contributed by atoms with E-state index in [-0.39, 0.29) is 11.7 Å². The SMILES string of the molecule is C[C@H](CC/C=C/C(=O)O)[C@@H](OC(=O)NC(=O)c1ccccc1)c1ccc(O)c2ccccc12. The molecule has 33 heavy (non-hydrogen) atoms. The van der Waals surface area contributed by atoms with Gasteiger partial charge in [-0.05, 0) is 42.3 Å². The molecule has 0 aromatic heterocycles.